The van der Waals surface area contributed by atoms with Crippen LogP contribution in [-0.2, 0) is 7.05 Å². The van der Waals surface area contributed by atoms with Crippen LogP contribution in [0.5, 0.6) is 5.75 Å². The van der Waals surface area contributed by atoms with Gasteiger partial charge in [0.05, 0.1) is 24.4 Å². The maximum absolute atomic E-state index is 10.1. The van der Waals surface area contributed by atoms with Gasteiger partial charge in [-0.1, -0.05) is 4.49 Å². The van der Waals surface area contributed by atoms with Crippen molar-refractivity contribution in [3.8, 4) is 5.75 Å². The molecule has 0 aliphatic heterocycles. The van der Waals surface area contributed by atoms with Gasteiger partial charge in [-0.2, -0.15) is 5.10 Å². The molecule has 2 aromatic heterocycles. The fourth-order valence-corrected chi connectivity index (χ4v) is 1.82. The topological polar surface area (TPSA) is 73.1 Å². The number of ether oxygens (including phenoxy) is 1. The van der Waals surface area contributed by atoms with Crippen LogP contribution < -0.4 is 4.74 Å². The lowest BCUT2D eigenvalue weighted by molar-refractivity contribution is 0.207. The Balaban J connectivity index is 2.40. The molecule has 1 atom stereocenters. The minimum absolute atomic E-state index is 0.554. The smallest absolute Gasteiger partial charge is 0.163 e. The van der Waals surface area contributed by atoms with Crippen molar-refractivity contribution < 1.29 is 9.84 Å². The van der Waals surface area contributed by atoms with E-state index in [1.807, 2.05) is 0 Å². The molecule has 0 aliphatic rings. The van der Waals surface area contributed by atoms with Gasteiger partial charge < -0.3 is 9.84 Å². The van der Waals surface area contributed by atoms with Crippen LogP contribution in [0.15, 0.2) is 12.4 Å². The highest BCUT2D eigenvalue weighted by molar-refractivity contribution is 7.05. The summed E-state index contributed by atoms with van der Waals surface area (Å²) in [5.41, 5.74) is 0.601. The number of rotatable bonds is 3. The highest BCUT2D eigenvalue weighted by Gasteiger charge is 2.21. The highest BCUT2D eigenvalue weighted by atomic mass is 32.1. The molecule has 0 fully saturated rings. The molecular weight excluding hydrogens is 216 g/mol. The van der Waals surface area contributed by atoms with Crippen LogP contribution in [0.4, 0.5) is 0 Å². The number of hydrogen-bond acceptors (Lipinski definition) is 6. The van der Waals surface area contributed by atoms with Gasteiger partial charge in [-0.05, 0) is 11.5 Å². The molecular formula is C8H10N4O2S. The first-order valence-electron chi connectivity index (χ1n) is 4.25. The predicted molar refractivity (Wildman–Crippen MR) is 53.7 cm³/mol. The Labute approximate surface area is 90.3 Å². The van der Waals surface area contributed by atoms with E-state index < -0.39 is 6.10 Å². The molecule has 15 heavy (non-hydrogen) atoms. The molecule has 0 saturated carbocycles. The van der Waals surface area contributed by atoms with Crippen LogP contribution in [0.2, 0.25) is 0 Å². The van der Waals surface area contributed by atoms with Crippen LogP contribution in [0.25, 0.3) is 0 Å². The number of aliphatic hydroxyl groups excluding tert-OH is 1. The van der Waals surface area contributed by atoms with Gasteiger partial charge >= 0.3 is 0 Å². The van der Waals surface area contributed by atoms with Gasteiger partial charge in [0, 0.05) is 7.05 Å². The summed E-state index contributed by atoms with van der Waals surface area (Å²) < 4.78 is 10.4. The molecule has 0 aromatic carbocycles. The molecule has 0 amide bonds. The molecule has 6 nitrogen and oxygen atoms in total. The Bertz CT molecular complexity index is 439. The zero-order valence-electron chi connectivity index (χ0n) is 8.28. The van der Waals surface area contributed by atoms with Crippen molar-refractivity contribution in [2.24, 2.45) is 7.05 Å². The average Bonchev–Trinajstić information content (AvgIpc) is 2.85. The summed E-state index contributed by atoms with van der Waals surface area (Å²) >= 11 is 1.15. The Kier molecular flexibility index (Phi) is 2.65. The number of hydrogen-bond donors (Lipinski definition) is 1. The van der Waals surface area contributed by atoms with Gasteiger partial charge in [-0.15, -0.1) is 5.10 Å². The molecule has 0 saturated heterocycles. The van der Waals surface area contributed by atoms with Crippen molar-refractivity contribution in [2.45, 2.75) is 6.10 Å². The second-order valence-electron chi connectivity index (χ2n) is 2.94. The van der Waals surface area contributed by atoms with Crippen molar-refractivity contribution in [1.82, 2.24) is 19.4 Å². The van der Waals surface area contributed by atoms with E-state index in [-0.39, 0.29) is 0 Å². The SMILES string of the molecule is COc1cnn(C)c1C(O)c1cnns1. The molecule has 7 heteroatoms. The summed E-state index contributed by atoms with van der Waals surface area (Å²) in [7, 11) is 3.29. The van der Waals surface area contributed by atoms with Crippen LogP contribution in [0.1, 0.15) is 16.7 Å². The molecule has 1 unspecified atom stereocenters. The van der Waals surface area contributed by atoms with E-state index in [1.165, 1.54) is 13.3 Å². The third kappa shape index (κ3) is 1.71. The van der Waals surface area contributed by atoms with Crippen molar-refractivity contribution in [3.05, 3.63) is 23.0 Å². The fourth-order valence-electron chi connectivity index (χ4n) is 1.33. The largest absolute Gasteiger partial charge is 0.493 e. The van der Waals surface area contributed by atoms with E-state index in [0.29, 0.717) is 16.3 Å². The van der Waals surface area contributed by atoms with Crippen molar-refractivity contribution in [3.63, 3.8) is 0 Å². The number of methoxy groups -OCH3 is 1. The number of nitrogens with zero attached hydrogens (tertiary/aromatic N) is 4. The van der Waals surface area contributed by atoms with Gasteiger partial charge in [0.2, 0.25) is 0 Å². The van der Waals surface area contributed by atoms with E-state index in [9.17, 15) is 5.11 Å². The summed E-state index contributed by atoms with van der Waals surface area (Å²) in [6.45, 7) is 0. The maximum Gasteiger partial charge on any atom is 0.163 e. The highest BCUT2D eigenvalue weighted by Crippen LogP contribution is 2.30. The monoisotopic (exact) mass is 226 g/mol. The van der Waals surface area contributed by atoms with Crippen molar-refractivity contribution in [1.29, 1.82) is 0 Å². The number of aliphatic hydroxyl groups is 1. The van der Waals surface area contributed by atoms with Crippen LogP contribution >= 0.6 is 11.5 Å². The predicted octanol–water partition coefficient (Wildman–Crippen LogP) is 0.362. The van der Waals surface area contributed by atoms with E-state index in [2.05, 4.69) is 14.7 Å². The third-order valence-electron chi connectivity index (χ3n) is 2.08. The van der Waals surface area contributed by atoms with Gasteiger partial charge in [0.1, 0.15) is 11.8 Å². The average molecular weight is 226 g/mol. The first-order valence-corrected chi connectivity index (χ1v) is 5.02. The minimum atomic E-state index is -0.799. The summed E-state index contributed by atoms with van der Waals surface area (Å²) in [6.07, 6.45) is 2.29. The molecule has 0 aliphatic carbocycles. The molecule has 2 rings (SSSR count). The Morgan fingerprint density at radius 2 is 2.33 bits per heavy atom. The zero-order valence-corrected chi connectivity index (χ0v) is 9.10. The van der Waals surface area contributed by atoms with Crippen LogP contribution in [-0.4, -0.2) is 31.6 Å². The zero-order chi connectivity index (χ0) is 10.8. The van der Waals surface area contributed by atoms with Crippen LogP contribution in [0.3, 0.4) is 0 Å². The van der Waals surface area contributed by atoms with Gasteiger partial charge in [-0.25, -0.2) is 0 Å². The Hall–Kier alpha value is -1.47. The van der Waals surface area contributed by atoms with Gasteiger partial charge in [0.25, 0.3) is 0 Å². The maximum atomic E-state index is 10.1. The minimum Gasteiger partial charge on any atom is -0.493 e. The van der Waals surface area contributed by atoms with Crippen molar-refractivity contribution >= 4 is 11.5 Å². The van der Waals surface area contributed by atoms with E-state index >= 15 is 0 Å². The molecule has 2 aromatic rings. The standard InChI is InChI=1S/C8H10N4O2S/c1-12-7(5(14-2)3-10-12)8(13)6-4-9-11-15-6/h3-4,8,13H,1-2H3. The Morgan fingerprint density at radius 3 is 2.93 bits per heavy atom. The van der Waals surface area contributed by atoms with Crippen LogP contribution in [0, 0.1) is 0 Å². The summed E-state index contributed by atoms with van der Waals surface area (Å²) in [4.78, 5) is 0.664. The van der Waals surface area contributed by atoms with Gasteiger partial charge in [-0.3, -0.25) is 4.68 Å². The fraction of sp³-hybridized carbons (Fsp3) is 0.375. The molecule has 1 N–H and O–H groups in total. The molecule has 2 heterocycles. The molecule has 0 spiro atoms. The lowest BCUT2D eigenvalue weighted by atomic mass is 10.2. The molecule has 0 bridgehead atoms. The third-order valence-corrected chi connectivity index (χ3v) is 2.79. The summed E-state index contributed by atoms with van der Waals surface area (Å²) in [5, 5.41) is 17.7. The van der Waals surface area contributed by atoms with Gasteiger partial charge in [0.15, 0.2) is 5.75 Å². The lowest BCUT2D eigenvalue weighted by Crippen LogP contribution is -2.06. The Morgan fingerprint density at radius 1 is 1.53 bits per heavy atom. The second-order valence-corrected chi connectivity index (χ2v) is 3.76. The first-order chi connectivity index (χ1) is 7.24. The lowest BCUT2D eigenvalue weighted by Gasteiger charge is -2.09. The van der Waals surface area contributed by atoms with E-state index in [4.69, 9.17) is 4.74 Å². The number of aryl methyl sites for hydroxylation is 1. The van der Waals surface area contributed by atoms with E-state index in [1.54, 1.807) is 17.9 Å². The van der Waals surface area contributed by atoms with E-state index in [0.717, 1.165) is 11.5 Å². The second kappa shape index (κ2) is 3.95. The first kappa shape index (κ1) is 10.1. The molecule has 0 radical (unpaired) electrons. The summed E-state index contributed by atoms with van der Waals surface area (Å²) in [6, 6.07) is 0. The quantitative estimate of drug-likeness (QED) is 0.818. The van der Waals surface area contributed by atoms with Crippen molar-refractivity contribution in [2.75, 3.05) is 7.11 Å². The normalized spacial score (nSPS) is 12.7. The summed E-state index contributed by atoms with van der Waals surface area (Å²) in [5.74, 6) is 0.554. The molecule has 80 valence electrons. The number of aromatic nitrogens is 4.